The van der Waals surface area contributed by atoms with Crippen LogP contribution < -0.4 is 4.74 Å². The Morgan fingerprint density at radius 1 is 1.24 bits per heavy atom. The summed E-state index contributed by atoms with van der Waals surface area (Å²) in [6, 6.07) is 7.09. The molecule has 0 unspecified atom stereocenters. The molecule has 1 amide bonds. The maximum Gasteiger partial charge on any atom is 0.226 e. The molecule has 1 aromatic carbocycles. The number of amides is 1. The molecule has 8 nitrogen and oxygen atoms in total. The number of nitrogens with zero attached hydrogens (tertiary/aromatic N) is 5. The molecule has 8 heteroatoms. The molecule has 132 valence electrons. The van der Waals surface area contributed by atoms with E-state index in [1.807, 2.05) is 29.2 Å². The van der Waals surface area contributed by atoms with Crippen molar-refractivity contribution in [2.45, 2.75) is 37.8 Å². The van der Waals surface area contributed by atoms with Crippen LogP contribution in [-0.4, -0.2) is 55.9 Å². The van der Waals surface area contributed by atoms with Gasteiger partial charge in [0.05, 0.1) is 31.5 Å². The quantitative estimate of drug-likeness (QED) is 0.874. The fraction of sp³-hybridized carbons (Fsp3) is 0.529. The van der Waals surface area contributed by atoms with E-state index in [0.717, 1.165) is 37.1 Å². The predicted molar refractivity (Wildman–Crippen MR) is 88.1 cm³/mol. The summed E-state index contributed by atoms with van der Waals surface area (Å²) in [5.41, 5.74) is 0.812. The normalized spacial score (nSPS) is 23.0. The van der Waals surface area contributed by atoms with Crippen LogP contribution in [0.1, 0.15) is 37.5 Å². The number of ether oxygens (including phenoxy) is 1. The van der Waals surface area contributed by atoms with Crippen LogP contribution in [0.3, 0.4) is 0 Å². The minimum atomic E-state index is -0.206. The van der Waals surface area contributed by atoms with Crippen LogP contribution in [0.25, 0.3) is 5.69 Å². The van der Waals surface area contributed by atoms with Crippen LogP contribution >= 0.6 is 0 Å². The molecular formula is C17H21N5O3. The van der Waals surface area contributed by atoms with Crippen molar-refractivity contribution in [2.75, 3.05) is 13.7 Å². The zero-order chi connectivity index (χ0) is 17.4. The molecule has 2 atom stereocenters. The van der Waals surface area contributed by atoms with Crippen LogP contribution in [0.4, 0.5) is 0 Å². The van der Waals surface area contributed by atoms with Crippen molar-refractivity contribution < 1.29 is 14.6 Å². The molecule has 1 saturated heterocycles. The number of carbonyl (C=O) groups is 1. The number of tetrazole rings is 1. The van der Waals surface area contributed by atoms with Crippen LogP contribution in [0.5, 0.6) is 5.75 Å². The Morgan fingerprint density at radius 2 is 2.00 bits per heavy atom. The summed E-state index contributed by atoms with van der Waals surface area (Å²) in [6.07, 6.45) is 3.38. The first-order chi connectivity index (χ1) is 12.2. The topological polar surface area (TPSA) is 93.4 Å². The maximum absolute atomic E-state index is 12.7. The second-order valence-electron chi connectivity index (χ2n) is 6.60. The lowest BCUT2D eigenvalue weighted by atomic mass is 10.2. The summed E-state index contributed by atoms with van der Waals surface area (Å²) in [5, 5.41) is 21.8. The molecule has 2 aromatic rings. The van der Waals surface area contributed by atoms with Gasteiger partial charge in [0.15, 0.2) is 5.82 Å². The summed E-state index contributed by atoms with van der Waals surface area (Å²) in [6.45, 7) is -0.0287. The number of likely N-dealkylation sites (tertiary alicyclic amines) is 1. The van der Waals surface area contributed by atoms with Crippen LogP contribution in [-0.2, 0) is 4.79 Å². The number of benzene rings is 1. The van der Waals surface area contributed by atoms with Gasteiger partial charge in [-0.25, -0.2) is 0 Å². The first kappa shape index (κ1) is 16.0. The third kappa shape index (κ3) is 2.86. The second-order valence-corrected chi connectivity index (χ2v) is 6.60. The van der Waals surface area contributed by atoms with E-state index in [9.17, 15) is 9.90 Å². The van der Waals surface area contributed by atoms with Crippen LogP contribution in [0.2, 0.25) is 0 Å². The first-order valence-corrected chi connectivity index (χ1v) is 8.58. The SMILES string of the molecule is COc1ccc(-n2nnnc2[C@H]2CC[C@@H](CO)N2C(=O)C2CC2)cc1. The Balaban J connectivity index is 1.66. The molecular weight excluding hydrogens is 322 g/mol. The summed E-state index contributed by atoms with van der Waals surface area (Å²) in [4.78, 5) is 14.5. The van der Waals surface area contributed by atoms with Crippen molar-refractivity contribution in [1.82, 2.24) is 25.1 Å². The van der Waals surface area contributed by atoms with Gasteiger partial charge in [-0.1, -0.05) is 0 Å². The molecule has 2 heterocycles. The van der Waals surface area contributed by atoms with E-state index in [-0.39, 0.29) is 30.5 Å². The van der Waals surface area contributed by atoms with E-state index in [4.69, 9.17) is 4.74 Å². The molecule has 25 heavy (non-hydrogen) atoms. The number of hydrogen-bond donors (Lipinski definition) is 1. The molecule has 1 aromatic heterocycles. The van der Waals surface area contributed by atoms with Crippen molar-refractivity contribution >= 4 is 5.91 Å². The Hall–Kier alpha value is -2.48. The van der Waals surface area contributed by atoms with Gasteiger partial charge in [0.2, 0.25) is 5.91 Å². The molecule has 1 N–H and O–H groups in total. The number of rotatable bonds is 5. The van der Waals surface area contributed by atoms with Gasteiger partial charge in [0.1, 0.15) is 5.75 Å². The number of aliphatic hydroxyl groups excluding tert-OH is 1. The van der Waals surface area contributed by atoms with Crippen molar-refractivity contribution in [2.24, 2.45) is 5.92 Å². The number of methoxy groups -OCH3 is 1. The third-order valence-corrected chi connectivity index (χ3v) is 5.00. The standard InChI is InChI=1S/C17H21N5O3/c1-25-14-7-4-12(5-8-14)22-16(18-19-20-22)15-9-6-13(10-23)21(15)17(24)11-2-3-11/h4-5,7-8,11,13,15,23H,2-3,6,9-10H2,1H3/t13-,15+/m0/s1. The molecule has 1 aliphatic carbocycles. The largest absolute Gasteiger partial charge is 0.497 e. The highest BCUT2D eigenvalue weighted by molar-refractivity contribution is 5.82. The smallest absolute Gasteiger partial charge is 0.226 e. The number of aromatic nitrogens is 4. The van der Waals surface area contributed by atoms with Gasteiger partial charge in [0, 0.05) is 5.92 Å². The Bertz CT molecular complexity index is 756. The molecule has 0 radical (unpaired) electrons. The predicted octanol–water partition coefficient (Wildman–Crippen LogP) is 1.11. The van der Waals surface area contributed by atoms with E-state index in [2.05, 4.69) is 15.5 Å². The fourth-order valence-corrected chi connectivity index (χ4v) is 3.50. The van der Waals surface area contributed by atoms with Gasteiger partial charge < -0.3 is 14.7 Å². The third-order valence-electron chi connectivity index (χ3n) is 5.00. The van der Waals surface area contributed by atoms with E-state index in [1.54, 1.807) is 11.8 Å². The highest BCUT2D eigenvalue weighted by atomic mass is 16.5. The highest BCUT2D eigenvalue weighted by Gasteiger charge is 2.45. The number of hydrogen-bond acceptors (Lipinski definition) is 6. The van der Waals surface area contributed by atoms with Crippen LogP contribution in [0, 0.1) is 5.92 Å². The van der Waals surface area contributed by atoms with E-state index in [0.29, 0.717) is 5.82 Å². The number of aliphatic hydroxyl groups is 1. The van der Waals surface area contributed by atoms with Gasteiger partial charge in [-0.3, -0.25) is 4.79 Å². The lowest BCUT2D eigenvalue weighted by Crippen LogP contribution is -2.41. The zero-order valence-corrected chi connectivity index (χ0v) is 14.1. The van der Waals surface area contributed by atoms with E-state index in [1.165, 1.54) is 0 Å². The molecule has 0 spiro atoms. The Kier molecular flexibility index (Phi) is 4.12. The minimum absolute atomic E-state index is 0.0287. The monoisotopic (exact) mass is 343 g/mol. The van der Waals surface area contributed by atoms with Gasteiger partial charge >= 0.3 is 0 Å². The number of carbonyl (C=O) groups excluding carboxylic acids is 1. The van der Waals surface area contributed by atoms with Gasteiger partial charge in [-0.2, -0.15) is 4.68 Å². The van der Waals surface area contributed by atoms with Gasteiger partial charge in [-0.05, 0) is 60.4 Å². The van der Waals surface area contributed by atoms with Crippen molar-refractivity contribution in [3.05, 3.63) is 30.1 Å². The highest BCUT2D eigenvalue weighted by Crippen LogP contribution is 2.41. The van der Waals surface area contributed by atoms with Crippen molar-refractivity contribution in [3.63, 3.8) is 0 Å². The molecule has 1 saturated carbocycles. The average Bonchev–Trinajstić information content (AvgIpc) is 3.24. The van der Waals surface area contributed by atoms with Gasteiger partial charge in [-0.15, -0.1) is 5.10 Å². The molecule has 4 rings (SSSR count). The van der Waals surface area contributed by atoms with Crippen LogP contribution in [0.15, 0.2) is 24.3 Å². The van der Waals surface area contributed by atoms with Crippen molar-refractivity contribution in [3.8, 4) is 11.4 Å². The minimum Gasteiger partial charge on any atom is -0.497 e. The molecule has 1 aliphatic heterocycles. The molecule has 0 bridgehead atoms. The molecule has 2 aliphatic rings. The summed E-state index contributed by atoms with van der Waals surface area (Å²) >= 11 is 0. The Morgan fingerprint density at radius 3 is 2.64 bits per heavy atom. The lowest BCUT2D eigenvalue weighted by Gasteiger charge is -2.29. The summed E-state index contributed by atoms with van der Waals surface area (Å²) in [5.74, 6) is 1.60. The van der Waals surface area contributed by atoms with Gasteiger partial charge in [0.25, 0.3) is 0 Å². The first-order valence-electron chi connectivity index (χ1n) is 8.58. The zero-order valence-electron chi connectivity index (χ0n) is 14.1. The fourth-order valence-electron chi connectivity index (χ4n) is 3.50. The van der Waals surface area contributed by atoms with E-state index < -0.39 is 0 Å². The molecule has 2 fully saturated rings. The summed E-state index contributed by atoms with van der Waals surface area (Å²) < 4.78 is 6.85. The average molecular weight is 343 g/mol. The van der Waals surface area contributed by atoms with Crippen molar-refractivity contribution in [1.29, 1.82) is 0 Å². The van der Waals surface area contributed by atoms with E-state index >= 15 is 0 Å². The maximum atomic E-state index is 12.7. The Labute approximate surface area is 145 Å². The lowest BCUT2D eigenvalue weighted by molar-refractivity contribution is -0.136. The second kappa shape index (κ2) is 6.44. The summed E-state index contributed by atoms with van der Waals surface area (Å²) in [7, 11) is 1.62.